The number of sulfonamides is 1. The van der Waals surface area contributed by atoms with Crippen LogP contribution in [0.4, 0.5) is 5.69 Å². The number of rotatable bonds is 7. The summed E-state index contributed by atoms with van der Waals surface area (Å²) in [5.74, 6) is -0.414. The molecule has 0 aliphatic rings. The molecule has 2 N–H and O–H groups in total. The fourth-order valence-corrected chi connectivity index (χ4v) is 4.96. The van der Waals surface area contributed by atoms with E-state index in [4.69, 9.17) is 11.6 Å². The predicted octanol–water partition coefficient (Wildman–Crippen LogP) is 5.97. The van der Waals surface area contributed by atoms with Crippen LogP contribution in [0, 0.1) is 6.92 Å². The maximum absolute atomic E-state index is 13.3. The Morgan fingerprint density at radius 2 is 1.44 bits per heavy atom. The first-order valence-electron chi connectivity index (χ1n) is 10.6. The van der Waals surface area contributed by atoms with E-state index in [1.165, 1.54) is 30.3 Å². The highest BCUT2D eigenvalue weighted by Crippen LogP contribution is 2.28. The number of carbonyl (C=O) groups excluding carboxylic acids is 1. The molecule has 4 aromatic rings. The number of amides is 1. The minimum Gasteiger partial charge on any atom is -0.341 e. The summed E-state index contributed by atoms with van der Waals surface area (Å²) in [6, 6.07) is 29.6. The molecule has 0 aliphatic heterocycles. The molecular weight excluding hydrogens is 468 g/mol. The summed E-state index contributed by atoms with van der Waals surface area (Å²) in [4.78, 5) is 13.5. The first-order chi connectivity index (χ1) is 16.3. The van der Waals surface area contributed by atoms with Crippen molar-refractivity contribution in [1.82, 2.24) is 5.32 Å². The number of anilines is 1. The van der Waals surface area contributed by atoms with Crippen molar-refractivity contribution in [2.75, 3.05) is 4.72 Å². The van der Waals surface area contributed by atoms with Crippen LogP contribution in [0.2, 0.25) is 5.02 Å². The Morgan fingerprint density at radius 3 is 2.12 bits per heavy atom. The number of aryl methyl sites for hydroxylation is 1. The van der Waals surface area contributed by atoms with Gasteiger partial charge in [0.1, 0.15) is 0 Å². The lowest BCUT2D eigenvalue weighted by Gasteiger charge is -2.22. The smallest absolute Gasteiger partial charge is 0.261 e. The van der Waals surface area contributed by atoms with Gasteiger partial charge in [-0.3, -0.25) is 9.52 Å². The summed E-state index contributed by atoms with van der Waals surface area (Å²) >= 11 is 6.35. The second-order valence-electron chi connectivity index (χ2n) is 7.79. The Kier molecular flexibility index (Phi) is 7.01. The van der Waals surface area contributed by atoms with Gasteiger partial charge in [0.15, 0.2) is 0 Å². The van der Waals surface area contributed by atoms with Gasteiger partial charge in [0, 0.05) is 5.69 Å². The maximum atomic E-state index is 13.3. The monoisotopic (exact) mass is 490 g/mol. The van der Waals surface area contributed by atoms with Gasteiger partial charge in [-0.2, -0.15) is 0 Å². The highest BCUT2D eigenvalue weighted by atomic mass is 35.5. The van der Waals surface area contributed by atoms with Crippen molar-refractivity contribution in [3.05, 3.63) is 130 Å². The molecule has 4 rings (SSSR count). The van der Waals surface area contributed by atoms with Gasteiger partial charge in [-0.15, -0.1) is 0 Å². The van der Waals surface area contributed by atoms with Crippen LogP contribution in [0.3, 0.4) is 0 Å². The lowest BCUT2D eigenvalue weighted by atomic mass is 9.94. The van der Waals surface area contributed by atoms with Gasteiger partial charge in [-0.1, -0.05) is 84.4 Å². The normalized spacial score (nSPS) is 12.1. The molecule has 0 saturated heterocycles. The molecule has 1 amide bonds. The van der Waals surface area contributed by atoms with Crippen LogP contribution < -0.4 is 10.0 Å². The average molecular weight is 491 g/mol. The quantitative estimate of drug-likeness (QED) is 0.335. The lowest BCUT2D eigenvalue weighted by Crippen LogP contribution is -2.30. The van der Waals surface area contributed by atoms with Gasteiger partial charge >= 0.3 is 0 Å². The number of halogens is 1. The van der Waals surface area contributed by atoms with E-state index in [1.54, 1.807) is 18.2 Å². The lowest BCUT2D eigenvalue weighted by molar-refractivity contribution is 0.0943. The van der Waals surface area contributed by atoms with Crippen LogP contribution in [0.5, 0.6) is 0 Å². The number of hydrogen-bond donors (Lipinski definition) is 2. The summed E-state index contributed by atoms with van der Waals surface area (Å²) in [6.07, 6.45) is 0. The van der Waals surface area contributed by atoms with E-state index in [1.807, 2.05) is 61.5 Å². The summed E-state index contributed by atoms with van der Waals surface area (Å²) in [6.45, 7) is 1.99. The van der Waals surface area contributed by atoms with Gasteiger partial charge in [-0.05, 0) is 53.9 Å². The number of carbonyl (C=O) groups is 1. The van der Waals surface area contributed by atoms with Crippen molar-refractivity contribution in [2.24, 2.45) is 0 Å². The molecule has 0 saturated carbocycles. The third kappa shape index (κ3) is 5.30. The SMILES string of the molecule is Cc1ccccc1[C@H](NC(=O)c1cc(NS(=O)(=O)c2ccccc2)ccc1Cl)c1ccccc1. The molecule has 0 unspecified atom stereocenters. The average Bonchev–Trinajstić information content (AvgIpc) is 2.85. The number of nitrogens with one attached hydrogen (secondary N) is 2. The molecule has 7 heteroatoms. The zero-order chi connectivity index (χ0) is 24.1. The van der Waals surface area contributed by atoms with Crippen molar-refractivity contribution >= 4 is 33.2 Å². The Balaban J connectivity index is 1.65. The first kappa shape index (κ1) is 23.5. The van der Waals surface area contributed by atoms with Crippen molar-refractivity contribution in [3.63, 3.8) is 0 Å². The zero-order valence-electron chi connectivity index (χ0n) is 18.4. The Morgan fingerprint density at radius 1 is 0.824 bits per heavy atom. The van der Waals surface area contributed by atoms with E-state index in [2.05, 4.69) is 10.0 Å². The number of benzene rings is 4. The molecule has 0 bridgehead atoms. The van der Waals surface area contributed by atoms with E-state index < -0.39 is 22.0 Å². The molecule has 34 heavy (non-hydrogen) atoms. The largest absolute Gasteiger partial charge is 0.341 e. The molecule has 0 aliphatic carbocycles. The molecule has 172 valence electrons. The van der Waals surface area contributed by atoms with Gasteiger partial charge < -0.3 is 5.32 Å². The number of hydrogen-bond acceptors (Lipinski definition) is 3. The molecule has 0 spiro atoms. The second kappa shape index (κ2) is 10.1. The topological polar surface area (TPSA) is 75.3 Å². The van der Waals surface area contributed by atoms with E-state index >= 15 is 0 Å². The Bertz CT molecular complexity index is 1410. The molecule has 4 aromatic carbocycles. The van der Waals surface area contributed by atoms with E-state index in [0.717, 1.165) is 16.7 Å². The van der Waals surface area contributed by atoms with Crippen molar-refractivity contribution in [3.8, 4) is 0 Å². The van der Waals surface area contributed by atoms with Crippen LogP contribution in [0.15, 0.2) is 108 Å². The van der Waals surface area contributed by atoms with Crippen LogP contribution in [0.25, 0.3) is 0 Å². The molecule has 0 radical (unpaired) electrons. The predicted molar refractivity (Wildman–Crippen MR) is 136 cm³/mol. The fourth-order valence-electron chi connectivity index (χ4n) is 3.68. The minimum atomic E-state index is -3.81. The van der Waals surface area contributed by atoms with E-state index in [-0.39, 0.29) is 21.2 Å². The highest BCUT2D eigenvalue weighted by Gasteiger charge is 2.22. The van der Waals surface area contributed by atoms with Crippen molar-refractivity contribution in [2.45, 2.75) is 17.9 Å². The molecular formula is C27H23ClN2O3S. The molecule has 1 atom stereocenters. The summed E-state index contributed by atoms with van der Waals surface area (Å²) in [5, 5.41) is 3.29. The standard InChI is InChI=1S/C27H23ClN2O3S/c1-19-10-8-9-15-23(19)26(20-11-4-2-5-12-20)29-27(31)24-18-21(16-17-25(24)28)30-34(32,33)22-13-6-3-7-14-22/h2-18,26,30H,1H3,(H,29,31)/t26-/m1/s1. The molecule has 0 fully saturated rings. The first-order valence-corrected chi connectivity index (χ1v) is 12.5. The Labute approximate surface area is 204 Å². The van der Waals surface area contributed by atoms with E-state index in [0.29, 0.717) is 0 Å². The van der Waals surface area contributed by atoms with Crippen LogP contribution in [-0.4, -0.2) is 14.3 Å². The Hall–Kier alpha value is -3.61. The third-order valence-electron chi connectivity index (χ3n) is 5.42. The summed E-state index contributed by atoms with van der Waals surface area (Å²) in [5.41, 5.74) is 3.32. The molecule has 0 aromatic heterocycles. The zero-order valence-corrected chi connectivity index (χ0v) is 20.0. The van der Waals surface area contributed by atoms with Crippen molar-refractivity contribution in [1.29, 1.82) is 0 Å². The summed E-state index contributed by atoms with van der Waals surface area (Å²) < 4.78 is 27.9. The van der Waals surface area contributed by atoms with Gasteiger partial charge in [0.25, 0.3) is 15.9 Å². The van der Waals surface area contributed by atoms with Crippen LogP contribution in [0.1, 0.15) is 33.1 Å². The minimum absolute atomic E-state index is 0.125. The third-order valence-corrected chi connectivity index (χ3v) is 7.15. The summed E-state index contributed by atoms with van der Waals surface area (Å²) in [7, 11) is -3.81. The van der Waals surface area contributed by atoms with Gasteiger partial charge in [0.2, 0.25) is 0 Å². The van der Waals surface area contributed by atoms with Crippen LogP contribution >= 0.6 is 11.6 Å². The fraction of sp³-hybridized carbons (Fsp3) is 0.0741. The van der Waals surface area contributed by atoms with E-state index in [9.17, 15) is 13.2 Å². The maximum Gasteiger partial charge on any atom is 0.261 e. The second-order valence-corrected chi connectivity index (χ2v) is 9.88. The molecule has 0 heterocycles. The van der Waals surface area contributed by atoms with Gasteiger partial charge in [-0.25, -0.2) is 8.42 Å². The highest BCUT2D eigenvalue weighted by molar-refractivity contribution is 7.92. The molecule has 5 nitrogen and oxygen atoms in total. The van der Waals surface area contributed by atoms with Crippen molar-refractivity contribution < 1.29 is 13.2 Å². The van der Waals surface area contributed by atoms with Crippen LogP contribution in [-0.2, 0) is 10.0 Å². The van der Waals surface area contributed by atoms with Gasteiger partial charge in [0.05, 0.1) is 21.5 Å².